The molecule has 1 heterocycles. The largest absolute Gasteiger partial charge is 0.335 e. The quantitative estimate of drug-likeness (QED) is 0.316. The molecule has 31 heavy (non-hydrogen) atoms. The molecule has 0 aliphatic rings. The third kappa shape index (κ3) is 4.90. The summed E-state index contributed by atoms with van der Waals surface area (Å²) in [6.07, 6.45) is 0. The first-order chi connectivity index (χ1) is 15.0. The minimum Gasteiger partial charge on any atom is -0.335 e. The first-order valence-electron chi connectivity index (χ1n) is 9.57. The summed E-state index contributed by atoms with van der Waals surface area (Å²) in [4.78, 5) is 13.2. The molecule has 0 saturated heterocycles. The summed E-state index contributed by atoms with van der Waals surface area (Å²) in [5.41, 5.74) is 3.48. The number of aromatic nitrogens is 3. The van der Waals surface area contributed by atoms with Crippen molar-refractivity contribution in [3.05, 3.63) is 95.0 Å². The molecule has 0 bridgehead atoms. The van der Waals surface area contributed by atoms with Crippen molar-refractivity contribution in [3.63, 3.8) is 0 Å². The van der Waals surface area contributed by atoms with Gasteiger partial charge in [0.15, 0.2) is 5.82 Å². The number of carbonyl (C=O) groups excluding carboxylic acids is 1. The fourth-order valence-corrected chi connectivity index (χ4v) is 4.09. The number of nitrogen functional groups attached to an aromatic ring is 1. The molecule has 0 spiro atoms. The fourth-order valence-electron chi connectivity index (χ4n) is 3.00. The molecule has 4 rings (SSSR count). The average molecular weight is 450 g/mol. The zero-order valence-corrected chi connectivity index (χ0v) is 18.3. The van der Waals surface area contributed by atoms with Crippen molar-refractivity contribution >= 4 is 35.0 Å². The van der Waals surface area contributed by atoms with Crippen LogP contribution in [0.3, 0.4) is 0 Å². The van der Waals surface area contributed by atoms with E-state index in [1.807, 2.05) is 73.7 Å². The summed E-state index contributed by atoms with van der Waals surface area (Å²) in [5.74, 6) is 6.60. The van der Waals surface area contributed by atoms with Crippen LogP contribution in [-0.2, 0) is 4.79 Å². The Labute approximate surface area is 189 Å². The lowest BCUT2D eigenvalue weighted by Crippen LogP contribution is -2.20. The van der Waals surface area contributed by atoms with Crippen molar-refractivity contribution in [1.29, 1.82) is 0 Å². The van der Waals surface area contributed by atoms with Crippen LogP contribution in [0.2, 0.25) is 5.02 Å². The Morgan fingerprint density at radius 1 is 1.00 bits per heavy atom. The first-order valence-corrected chi connectivity index (χ1v) is 10.8. The number of aryl methyl sites for hydroxylation is 1. The molecule has 0 saturated carbocycles. The van der Waals surface area contributed by atoms with Crippen LogP contribution in [0.1, 0.15) is 16.4 Å². The van der Waals surface area contributed by atoms with Crippen LogP contribution in [0.25, 0.3) is 11.4 Å². The SMILES string of the molecule is Cc1ccc(NC(=O)C(Sc2nnc(-c3ccc(Cl)cc3)n2N)c2ccccc2)cc1. The Balaban J connectivity index is 1.62. The molecule has 3 N–H and O–H groups in total. The normalized spacial score (nSPS) is 11.8. The highest BCUT2D eigenvalue weighted by Gasteiger charge is 2.25. The highest BCUT2D eigenvalue weighted by atomic mass is 35.5. The number of rotatable bonds is 6. The van der Waals surface area contributed by atoms with Gasteiger partial charge in [-0.1, -0.05) is 71.4 Å². The Hall–Kier alpha value is -3.29. The van der Waals surface area contributed by atoms with E-state index in [1.165, 1.54) is 16.4 Å². The molecule has 1 atom stereocenters. The number of halogens is 1. The van der Waals surface area contributed by atoms with E-state index in [4.69, 9.17) is 17.4 Å². The van der Waals surface area contributed by atoms with Gasteiger partial charge < -0.3 is 11.2 Å². The van der Waals surface area contributed by atoms with E-state index in [1.54, 1.807) is 12.1 Å². The van der Waals surface area contributed by atoms with E-state index in [0.29, 0.717) is 16.0 Å². The molecular formula is C23H20ClN5OS. The van der Waals surface area contributed by atoms with Crippen molar-refractivity contribution in [3.8, 4) is 11.4 Å². The predicted molar refractivity (Wildman–Crippen MR) is 125 cm³/mol. The van der Waals surface area contributed by atoms with E-state index in [9.17, 15) is 4.79 Å². The van der Waals surface area contributed by atoms with Crippen LogP contribution in [0, 0.1) is 6.92 Å². The average Bonchev–Trinajstić information content (AvgIpc) is 3.15. The van der Waals surface area contributed by atoms with E-state index in [-0.39, 0.29) is 5.91 Å². The highest BCUT2D eigenvalue weighted by molar-refractivity contribution is 8.00. The Morgan fingerprint density at radius 2 is 1.68 bits per heavy atom. The van der Waals surface area contributed by atoms with Crippen molar-refractivity contribution in [2.45, 2.75) is 17.3 Å². The second-order valence-corrected chi connectivity index (χ2v) is 8.46. The topological polar surface area (TPSA) is 85.8 Å². The predicted octanol–water partition coefficient (Wildman–Crippen LogP) is 5.09. The smallest absolute Gasteiger partial charge is 0.242 e. The van der Waals surface area contributed by atoms with Crippen molar-refractivity contribution < 1.29 is 4.79 Å². The molecule has 1 unspecified atom stereocenters. The minimum atomic E-state index is -0.563. The van der Waals surface area contributed by atoms with Gasteiger partial charge in [-0.15, -0.1) is 10.2 Å². The van der Waals surface area contributed by atoms with Crippen LogP contribution < -0.4 is 11.2 Å². The van der Waals surface area contributed by atoms with Crippen LogP contribution in [-0.4, -0.2) is 20.8 Å². The highest BCUT2D eigenvalue weighted by Crippen LogP contribution is 2.36. The zero-order chi connectivity index (χ0) is 21.8. The Bertz CT molecular complexity index is 1180. The number of benzene rings is 3. The second-order valence-electron chi connectivity index (χ2n) is 6.95. The molecule has 4 aromatic rings. The van der Waals surface area contributed by atoms with Gasteiger partial charge in [0.25, 0.3) is 0 Å². The molecule has 0 aliphatic carbocycles. The van der Waals surface area contributed by atoms with Gasteiger partial charge in [-0.05, 0) is 48.9 Å². The summed E-state index contributed by atoms with van der Waals surface area (Å²) < 4.78 is 1.39. The number of hydrogen-bond acceptors (Lipinski definition) is 5. The molecule has 0 aliphatic heterocycles. The lowest BCUT2D eigenvalue weighted by molar-refractivity contribution is -0.115. The number of nitrogens with zero attached hydrogens (tertiary/aromatic N) is 3. The molecule has 0 fully saturated rings. The molecule has 1 aromatic heterocycles. The monoisotopic (exact) mass is 449 g/mol. The standard InChI is InChI=1S/C23H20ClN5OS/c1-15-7-13-19(14-8-15)26-22(30)20(16-5-3-2-4-6-16)31-23-28-27-21(29(23)25)17-9-11-18(24)12-10-17/h2-14,20H,25H2,1H3,(H,26,30). The molecule has 0 radical (unpaired) electrons. The van der Waals surface area contributed by atoms with Gasteiger partial charge in [0.1, 0.15) is 5.25 Å². The van der Waals surface area contributed by atoms with Gasteiger partial charge >= 0.3 is 0 Å². The molecule has 6 nitrogen and oxygen atoms in total. The van der Waals surface area contributed by atoms with Crippen LogP contribution in [0.5, 0.6) is 0 Å². The van der Waals surface area contributed by atoms with Gasteiger partial charge in [0, 0.05) is 16.3 Å². The van der Waals surface area contributed by atoms with Gasteiger partial charge in [0.05, 0.1) is 0 Å². The molecular weight excluding hydrogens is 430 g/mol. The van der Waals surface area contributed by atoms with E-state index in [2.05, 4.69) is 15.5 Å². The Morgan fingerprint density at radius 3 is 2.35 bits per heavy atom. The molecule has 156 valence electrons. The summed E-state index contributed by atoms with van der Waals surface area (Å²) in [6.45, 7) is 2.00. The molecule has 8 heteroatoms. The van der Waals surface area contributed by atoms with E-state index < -0.39 is 5.25 Å². The lowest BCUT2D eigenvalue weighted by atomic mass is 10.1. The number of amides is 1. The van der Waals surface area contributed by atoms with Gasteiger partial charge in [0.2, 0.25) is 11.1 Å². The summed E-state index contributed by atoms with van der Waals surface area (Å²) in [6, 6.07) is 24.4. The number of hydrogen-bond donors (Lipinski definition) is 2. The van der Waals surface area contributed by atoms with Crippen LogP contribution in [0.4, 0.5) is 5.69 Å². The lowest BCUT2D eigenvalue weighted by Gasteiger charge is -2.16. The fraction of sp³-hybridized carbons (Fsp3) is 0.0870. The molecule has 1 amide bonds. The maximum atomic E-state index is 13.2. The van der Waals surface area contributed by atoms with E-state index in [0.717, 1.165) is 22.4 Å². The Kier molecular flexibility index (Phi) is 6.25. The maximum absolute atomic E-state index is 13.2. The number of nitrogens with one attached hydrogen (secondary N) is 1. The van der Waals surface area contributed by atoms with Crippen LogP contribution >= 0.6 is 23.4 Å². The maximum Gasteiger partial charge on any atom is 0.242 e. The van der Waals surface area contributed by atoms with Gasteiger partial charge in [-0.2, -0.15) is 0 Å². The van der Waals surface area contributed by atoms with Crippen molar-refractivity contribution in [2.24, 2.45) is 0 Å². The summed E-state index contributed by atoms with van der Waals surface area (Å²) in [7, 11) is 0. The minimum absolute atomic E-state index is 0.170. The second kappa shape index (κ2) is 9.24. The van der Waals surface area contributed by atoms with Gasteiger partial charge in [-0.25, -0.2) is 4.68 Å². The number of carbonyl (C=O) groups is 1. The van der Waals surface area contributed by atoms with E-state index >= 15 is 0 Å². The van der Waals surface area contributed by atoms with Crippen molar-refractivity contribution in [2.75, 3.05) is 11.2 Å². The third-order valence-corrected chi connectivity index (χ3v) is 6.11. The number of thioether (sulfide) groups is 1. The van der Waals surface area contributed by atoms with Crippen LogP contribution in [0.15, 0.2) is 84.0 Å². The zero-order valence-electron chi connectivity index (χ0n) is 16.7. The number of anilines is 1. The number of nitrogens with two attached hydrogens (primary N) is 1. The van der Waals surface area contributed by atoms with Crippen molar-refractivity contribution in [1.82, 2.24) is 14.9 Å². The summed E-state index contributed by atoms with van der Waals surface area (Å²) >= 11 is 7.21. The summed E-state index contributed by atoms with van der Waals surface area (Å²) in [5, 5.41) is 11.9. The third-order valence-electron chi connectivity index (χ3n) is 4.65. The molecule has 3 aromatic carbocycles. The first kappa shape index (κ1) is 21.0. The van der Waals surface area contributed by atoms with Gasteiger partial charge in [-0.3, -0.25) is 4.79 Å².